The van der Waals surface area contributed by atoms with Crippen LogP contribution >= 0.6 is 0 Å². The fraction of sp³-hybridized carbons (Fsp3) is 0.214. The molecule has 0 atom stereocenters. The van der Waals surface area contributed by atoms with Gasteiger partial charge >= 0.3 is 0 Å². The molecular weight excluding hydrogens is 196 g/mol. The van der Waals surface area contributed by atoms with Crippen LogP contribution in [0, 0.1) is 0 Å². The molecule has 0 spiro atoms. The van der Waals surface area contributed by atoms with Crippen molar-refractivity contribution in [1.82, 2.24) is 4.57 Å². The highest BCUT2D eigenvalue weighted by Crippen LogP contribution is 2.01. The summed E-state index contributed by atoms with van der Waals surface area (Å²) in [5.41, 5.74) is 1.32. The zero-order valence-electron chi connectivity index (χ0n) is 9.63. The summed E-state index contributed by atoms with van der Waals surface area (Å²) in [4.78, 5) is 0. The average Bonchev–Trinajstić information content (AvgIpc) is 2.72. The minimum atomic E-state index is 0.921. The van der Waals surface area contributed by atoms with E-state index in [-0.39, 0.29) is 0 Å². The molecule has 0 saturated heterocycles. The van der Waals surface area contributed by atoms with Gasteiger partial charge in [0.05, 0.1) is 6.20 Å². The second kappa shape index (κ2) is 4.79. The van der Waals surface area contributed by atoms with Crippen LogP contribution < -0.4 is 4.57 Å². The molecule has 0 fully saturated rings. The molecule has 2 aromatic rings. The molecule has 1 aromatic carbocycles. The van der Waals surface area contributed by atoms with Crippen molar-refractivity contribution in [3.05, 3.63) is 60.7 Å². The number of hydrogen-bond acceptors (Lipinski definition) is 0. The van der Waals surface area contributed by atoms with Crippen molar-refractivity contribution in [1.29, 1.82) is 0 Å². The third-order valence-electron chi connectivity index (χ3n) is 2.75. The fourth-order valence-corrected chi connectivity index (χ4v) is 1.95. The van der Waals surface area contributed by atoms with Crippen molar-refractivity contribution in [3.63, 3.8) is 0 Å². The van der Waals surface area contributed by atoms with Crippen LogP contribution in [0.2, 0.25) is 0 Å². The SMILES string of the molecule is C=Cn1cc[n+](Cc2ccccc2)c1CC. The Kier molecular flexibility index (Phi) is 3.20. The first-order valence-corrected chi connectivity index (χ1v) is 5.60. The summed E-state index contributed by atoms with van der Waals surface area (Å²) >= 11 is 0. The molecule has 1 aromatic heterocycles. The molecule has 0 amide bonds. The Hall–Kier alpha value is -1.83. The van der Waals surface area contributed by atoms with Crippen molar-refractivity contribution < 1.29 is 4.57 Å². The molecule has 82 valence electrons. The van der Waals surface area contributed by atoms with Gasteiger partial charge in [0.1, 0.15) is 18.9 Å². The Labute approximate surface area is 96.5 Å². The van der Waals surface area contributed by atoms with Gasteiger partial charge in [0, 0.05) is 6.42 Å². The molecule has 0 unspecified atom stereocenters. The molecule has 0 bridgehead atoms. The predicted octanol–water partition coefficient (Wildman–Crippen LogP) is 2.49. The molecule has 0 saturated carbocycles. The first kappa shape index (κ1) is 10.7. The highest BCUT2D eigenvalue weighted by molar-refractivity contribution is 5.18. The lowest BCUT2D eigenvalue weighted by molar-refractivity contribution is -0.694. The standard InChI is InChI=1S/C14H17N2/c1-3-14-15(4-2)10-11-16(14)12-13-8-6-5-7-9-13/h4-11H,2-3,12H2,1H3/q+1. The third kappa shape index (κ3) is 2.06. The van der Waals surface area contributed by atoms with E-state index in [9.17, 15) is 0 Å². The quantitative estimate of drug-likeness (QED) is 0.690. The van der Waals surface area contributed by atoms with Crippen molar-refractivity contribution in [2.75, 3.05) is 0 Å². The topological polar surface area (TPSA) is 8.81 Å². The minimum absolute atomic E-state index is 0.921. The molecule has 0 aliphatic rings. The maximum atomic E-state index is 3.81. The maximum Gasteiger partial charge on any atom is 0.261 e. The number of nitrogens with zero attached hydrogens (tertiary/aromatic N) is 2. The summed E-state index contributed by atoms with van der Waals surface area (Å²) < 4.78 is 4.33. The van der Waals surface area contributed by atoms with Gasteiger partial charge in [-0.15, -0.1) is 0 Å². The van der Waals surface area contributed by atoms with Gasteiger partial charge in [0.2, 0.25) is 0 Å². The van der Waals surface area contributed by atoms with E-state index in [0.717, 1.165) is 13.0 Å². The molecule has 0 aliphatic carbocycles. The number of aromatic nitrogens is 2. The number of imidazole rings is 1. The van der Waals surface area contributed by atoms with Gasteiger partial charge in [0.25, 0.3) is 5.82 Å². The van der Waals surface area contributed by atoms with Crippen LogP contribution in [-0.4, -0.2) is 4.57 Å². The largest absolute Gasteiger partial charge is 0.261 e. The van der Waals surface area contributed by atoms with E-state index in [2.05, 4.69) is 59.3 Å². The zero-order chi connectivity index (χ0) is 11.4. The predicted molar refractivity (Wildman–Crippen MR) is 65.9 cm³/mol. The Bertz CT molecular complexity index is 469. The van der Waals surface area contributed by atoms with E-state index in [0.29, 0.717) is 0 Å². The normalized spacial score (nSPS) is 10.3. The summed E-state index contributed by atoms with van der Waals surface area (Å²) in [5, 5.41) is 0. The number of benzene rings is 1. The van der Waals surface area contributed by atoms with Gasteiger partial charge in [-0.2, -0.15) is 0 Å². The number of rotatable bonds is 4. The van der Waals surface area contributed by atoms with Gasteiger partial charge in [-0.3, -0.25) is 0 Å². The van der Waals surface area contributed by atoms with Crippen molar-refractivity contribution in [2.24, 2.45) is 0 Å². The lowest BCUT2D eigenvalue weighted by Gasteiger charge is -2.01. The molecule has 0 aliphatic heterocycles. The molecule has 1 heterocycles. The fourth-order valence-electron chi connectivity index (χ4n) is 1.95. The van der Waals surface area contributed by atoms with E-state index < -0.39 is 0 Å². The number of hydrogen-bond donors (Lipinski definition) is 0. The summed E-state index contributed by atoms with van der Waals surface area (Å²) in [6.45, 7) is 6.89. The van der Waals surface area contributed by atoms with E-state index in [4.69, 9.17) is 0 Å². The Morgan fingerprint density at radius 1 is 1.31 bits per heavy atom. The van der Waals surface area contributed by atoms with E-state index in [1.165, 1.54) is 11.4 Å². The van der Waals surface area contributed by atoms with Crippen LogP contribution in [-0.2, 0) is 13.0 Å². The second-order valence-electron chi connectivity index (χ2n) is 3.77. The van der Waals surface area contributed by atoms with Gasteiger partial charge in [-0.25, -0.2) is 9.13 Å². The molecule has 0 radical (unpaired) electrons. The van der Waals surface area contributed by atoms with Crippen LogP contribution in [0.15, 0.2) is 49.3 Å². The first-order valence-electron chi connectivity index (χ1n) is 5.60. The van der Waals surface area contributed by atoms with Crippen LogP contribution in [0.5, 0.6) is 0 Å². The van der Waals surface area contributed by atoms with Gasteiger partial charge in [-0.1, -0.05) is 43.8 Å². The average molecular weight is 213 g/mol. The van der Waals surface area contributed by atoms with Crippen LogP contribution in [0.25, 0.3) is 6.20 Å². The van der Waals surface area contributed by atoms with Crippen molar-refractivity contribution >= 4 is 6.20 Å². The monoisotopic (exact) mass is 213 g/mol. The summed E-state index contributed by atoms with van der Waals surface area (Å²) in [7, 11) is 0. The second-order valence-corrected chi connectivity index (χ2v) is 3.77. The maximum absolute atomic E-state index is 3.81. The Morgan fingerprint density at radius 3 is 2.69 bits per heavy atom. The summed E-state index contributed by atoms with van der Waals surface area (Å²) in [6.07, 6.45) is 7.01. The third-order valence-corrected chi connectivity index (χ3v) is 2.75. The molecule has 2 heteroatoms. The van der Waals surface area contributed by atoms with E-state index in [1.807, 2.05) is 12.3 Å². The smallest absolute Gasteiger partial charge is 0.230 e. The lowest BCUT2D eigenvalue weighted by Crippen LogP contribution is -2.37. The van der Waals surface area contributed by atoms with E-state index in [1.54, 1.807) is 0 Å². The molecule has 16 heavy (non-hydrogen) atoms. The zero-order valence-corrected chi connectivity index (χ0v) is 9.63. The van der Waals surface area contributed by atoms with Gasteiger partial charge < -0.3 is 0 Å². The van der Waals surface area contributed by atoms with Crippen molar-refractivity contribution in [3.8, 4) is 0 Å². The van der Waals surface area contributed by atoms with Crippen LogP contribution in [0.4, 0.5) is 0 Å². The molecule has 0 N–H and O–H groups in total. The molecule has 2 nitrogen and oxygen atoms in total. The first-order chi connectivity index (χ1) is 7.85. The van der Waals surface area contributed by atoms with Crippen LogP contribution in [0.1, 0.15) is 18.3 Å². The summed E-state index contributed by atoms with van der Waals surface area (Å²) in [6, 6.07) is 10.5. The summed E-state index contributed by atoms with van der Waals surface area (Å²) in [5.74, 6) is 1.28. The van der Waals surface area contributed by atoms with Crippen LogP contribution in [0.3, 0.4) is 0 Å². The van der Waals surface area contributed by atoms with Gasteiger partial charge in [0.15, 0.2) is 0 Å². The molecule has 2 rings (SSSR count). The highest BCUT2D eigenvalue weighted by atomic mass is 15.1. The Morgan fingerprint density at radius 2 is 2.06 bits per heavy atom. The van der Waals surface area contributed by atoms with E-state index >= 15 is 0 Å². The molecular formula is C14H17N2+. The van der Waals surface area contributed by atoms with Gasteiger partial charge in [-0.05, 0) is 5.56 Å². The van der Waals surface area contributed by atoms with Crippen molar-refractivity contribution in [2.45, 2.75) is 19.9 Å². The Balaban J connectivity index is 2.28. The highest BCUT2D eigenvalue weighted by Gasteiger charge is 2.12. The lowest BCUT2D eigenvalue weighted by atomic mass is 10.2. The minimum Gasteiger partial charge on any atom is -0.230 e.